The molecule has 1 aliphatic rings. The number of nitrogens with two attached hydrogens (primary N) is 1. The van der Waals surface area contributed by atoms with E-state index in [-0.39, 0.29) is 29.5 Å². The van der Waals surface area contributed by atoms with Crippen molar-refractivity contribution in [3.8, 4) is 11.5 Å². The average Bonchev–Trinajstić information content (AvgIpc) is 3.15. The number of oxazole rings is 1. The van der Waals surface area contributed by atoms with Crippen LogP contribution in [0.2, 0.25) is 0 Å². The number of amides is 2. The average molecular weight is 313 g/mol. The molecule has 3 rings (SSSR count). The fraction of sp³-hybridized carbons (Fsp3) is 0.353. The highest BCUT2D eigenvalue weighted by Gasteiger charge is 2.30. The maximum atomic E-state index is 12.4. The van der Waals surface area contributed by atoms with Crippen LogP contribution in [0.4, 0.5) is 0 Å². The van der Waals surface area contributed by atoms with Crippen LogP contribution >= 0.6 is 0 Å². The first kappa shape index (κ1) is 15.3. The van der Waals surface area contributed by atoms with E-state index < -0.39 is 0 Å². The van der Waals surface area contributed by atoms with Crippen LogP contribution in [0.15, 0.2) is 34.7 Å². The Hall–Kier alpha value is -2.63. The zero-order valence-corrected chi connectivity index (χ0v) is 12.9. The Morgan fingerprint density at radius 3 is 2.65 bits per heavy atom. The van der Waals surface area contributed by atoms with E-state index in [0.29, 0.717) is 24.5 Å². The molecule has 1 fully saturated rings. The fourth-order valence-corrected chi connectivity index (χ4v) is 2.94. The first-order valence-electron chi connectivity index (χ1n) is 7.67. The van der Waals surface area contributed by atoms with E-state index in [9.17, 15) is 9.59 Å². The molecule has 6 nitrogen and oxygen atoms in total. The lowest BCUT2D eigenvalue weighted by Gasteiger charge is -2.11. The second kappa shape index (κ2) is 6.24. The smallest absolute Gasteiger partial charge is 0.273 e. The Bertz CT molecular complexity index is 724. The predicted octanol–water partition coefficient (Wildman–Crippen LogP) is 2.03. The lowest BCUT2D eigenvalue weighted by molar-refractivity contribution is -0.121. The lowest BCUT2D eigenvalue weighted by atomic mass is 10.1. The number of rotatable bonds is 4. The third-order valence-electron chi connectivity index (χ3n) is 4.20. The highest BCUT2D eigenvalue weighted by Crippen LogP contribution is 2.26. The zero-order chi connectivity index (χ0) is 16.4. The minimum atomic E-state index is -0.300. The van der Waals surface area contributed by atoms with Crippen LogP contribution in [0, 0.1) is 12.8 Å². The first-order chi connectivity index (χ1) is 11.0. The maximum Gasteiger partial charge on any atom is 0.273 e. The summed E-state index contributed by atoms with van der Waals surface area (Å²) in [4.78, 5) is 27.9. The van der Waals surface area contributed by atoms with E-state index in [1.54, 1.807) is 6.92 Å². The highest BCUT2D eigenvalue weighted by molar-refractivity contribution is 5.94. The van der Waals surface area contributed by atoms with Gasteiger partial charge in [-0.25, -0.2) is 4.98 Å². The minimum absolute atomic E-state index is 0.0451. The Balaban J connectivity index is 1.71. The van der Waals surface area contributed by atoms with Gasteiger partial charge in [0.05, 0.1) is 0 Å². The van der Waals surface area contributed by atoms with Gasteiger partial charge in [0, 0.05) is 17.5 Å². The first-order valence-corrected chi connectivity index (χ1v) is 7.67. The summed E-state index contributed by atoms with van der Waals surface area (Å²) < 4.78 is 5.60. The van der Waals surface area contributed by atoms with Crippen molar-refractivity contribution in [2.24, 2.45) is 11.7 Å². The van der Waals surface area contributed by atoms with Gasteiger partial charge in [-0.2, -0.15) is 0 Å². The third kappa shape index (κ3) is 3.26. The molecule has 1 aliphatic carbocycles. The summed E-state index contributed by atoms with van der Waals surface area (Å²) in [5.41, 5.74) is 6.42. The van der Waals surface area contributed by atoms with Gasteiger partial charge in [0.1, 0.15) is 5.76 Å². The van der Waals surface area contributed by atoms with E-state index in [4.69, 9.17) is 10.2 Å². The molecule has 1 aromatic heterocycles. The van der Waals surface area contributed by atoms with Crippen molar-refractivity contribution in [3.63, 3.8) is 0 Å². The Morgan fingerprint density at radius 1 is 1.26 bits per heavy atom. The summed E-state index contributed by atoms with van der Waals surface area (Å²) in [6.07, 6.45) is 2.05. The standard InChI is InChI=1S/C17H19N3O3/c1-10-14(20-17(23-10)11-5-3-2-4-6-11)16(22)19-13-8-7-12(9-13)15(18)21/h2-6,12-13H,7-9H2,1H3,(H2,18,21)(H,19,22)/t12-,13+/m0/s1. The predicted molar refractivity (Wildman–Crippen MR) is 84.5 cm³/mol. The Labute approximate surface area is 134 Å². The summed E-state index contributed by atoms with van der Waals surface area (Å²) in [5.74, 6) is 0.174. The number of nitrogens with one attached hydrogen (secondary N) is 1. The largest absolute Gasteiger partial charge is 0.441 e. The van der Waals surface area contributed by atoms with E-state index >= 15 is 0 Å². The van der Waals surface area contributed by atoms with Crippen LogP contribution in [-0.4, -0.2) is 22.8 Å². The van der Waals surface area contributed by atoms with Crippen LogP contribution in [0.1, 0.15) is 35.5 Å². The maximum absolute atomic E-state index is 12.4. The van der Waals surface area contributed by atoms with Gasteiger partial charge in [-0.1, -0.05) is 18.2 Å². The van der Waals surface area contributed by atoms with Gasteiger partial charge in [0.25, 0.3) is 5.91 Å². The molecule has 0 bridgehead atoms. The van der Waals surface area contributed by atoms with Gasteiger partial charge in [-0.05, 0) is 38.3 Å². The number of benzene rings is 1. The summed E-state index contributed by atoms with van der Waals surface area (Å²) >= 11 is 0. The highest BCUT2D eigenvalue weighted by atomic mass is 16.4. The molecule has 0 saturated heterocycles. The van der Waals surface area contributed by atoms with Gasteiger partial charge in [0.15, 0.2) is 5.69 Å². The molecule has 0 radical (unpaired) electrons. The van der Waals surface area contributed by atoms with Gasteiger partial charge < -0.3 is 15.5 Å². The SMILES string of the molecule is Cc1oc(-c2ccccc2)nc1C(=O)N[C@@H]1CC[C@H](C(N)=O)C1. The number of hydrogen-bond donors (Lipinski definition) is 2. The zero-order valence-electron chi connectivity index (χ0n) is 12.9. The van der Waals surface area contributed by atoms with Crippen LogP contribution < -0.4 is 11.1 Å². The summed E-state index contributed by atoms with van der Waals surface area (Å²) in [7, 11) is 0. The molecule has 120 valence electrons. The van der Waals surface area contributed by atoms with E-state index in [1.807, 2.05) is 30.3 Å². The molecule has 2 aromatic rings. The summed E-state index contributed by atoms with van der Waals surface area (Å²) in [6, 6.07) is 9.38. The van der Waals surface area contributed by atoms with Crippen molar-refractivity contribution >= 4 is 11.8 Å². The van der Waals surface area contributed by atoms with Crippen LogP contribution in [0.3, 0.4) is 0 Å². The van der Waals surface area contributed by atoms with Crippen LogP contribution in [-0.2, 0) is 4.79 Å². The molecule has 2 atom stereocenters. The van der Waals surface area contributed by atoms with E-state index in [1.165, 1.54) is 0 Å². The van der Waals surface area contributed by atoms with Gasteiger partial charge in [-0.15, -0.1) is 0 Å². The van der Waals surface area contributed by atoms with Crippen molar-refractivity contribution < 1.29 is 14.0 Å². The molecular weight excluding hydrogens is 294 g/mol. The van der Waals surface area contributed by atoms with Gasteiger partial charge in [0.2, 0.25) is 11.8 Å². The van der Waals surface area contributed by atoms with Gasteiger partial charge >= 0.3 is 0 Å². The molecule has 1 aromatic carbocycles. The fourth-order valence-electron chi connectivity index (χ4n) is 2.94. The molecule has 2 amide bonds. The van der Waals surface area contributed by atoms with Crippen molar-refractivity contribution in [2.45, 2.75) is 32.2 Å². The van der Waals surface area contributed by atoms with E-state index in [2.05, 4.69) is 10.3 Å². The Kier molecular flexibility index (Phi) is 4.14. The van der Waals surface area contributed by atoms with Crippen molar-refractivity contribution in [1.29, 1.82) is 0 Å². The molecule has 23 heavy (non-hydrogen) atoms. The number of aromatic nitrogens is 1. The number of nitrogens with zero attached hydrogens (tertiary/aromatic N) is 1. The minimum Gasteiger partial charge on any atom is -0.441 e. The van der Waals surface area contributed by atoms with Crippen LogP contribution in [0.25, 0.3) is 11.5 Å². The van der Waals surface area contributed by atoms with Crippen molar-refractivity contribution in [1.82, 2.24) is 10.3 Å². The Morgan fingerprint density at radius 2 is 2.00 bits per heavy atom. The van der Waals surface area contributed by atoms with Crippen molar-refractivity contribution in [2.75, 3.05) is 0 Å². The molecule has 1 heterocycles. The lowest BCUT2D eigenvalue weighted by Crippen LogP contribution is -2.34. The second-order valence-electron chi connectivity index (χ2n) is 5.87. The molecule has 0 aliphatic heterocycles. The summed E-state index contributed by atoms with van der Waals surface area (Å²) in [6.45, 7) is 1.72. The number of primary amides is 1. The molecule has 0 unspecified atom stereocenters. The molecule has 3 N–H and O–H groups in total. The number of carbonyl (C=O) groups excluding carboxylic acids is 2. The van der Waals surface area contributed by atoms with Crippen LogP contribution in [0.5, 0.6) is 0 Å². The number of hydrogen-bond acceptors (Lipinski definition) is 4. The molecule has 0 spiro atoms. The normalized spacial score (nSPS) is 20.4. The quantitative estimate of drug-likeness (QED) is 0.902. The van der Waals surface area contributed by atoms with Crippen molar-refractivity contribution in [3.05, 3.63) is 41.8 Å². The van der Waals surface area contributed by atoms with E-state index in [0.717, 1.165) is 12.0 Å². The van der Waals surface area contributed by atoms with Gasteiger partial charge in [-0.3, -0.25) is 9.59 Å². The second-order valence-corrected chi connectivity index (χ2v) is 5.87. The summed E-state index contributed by atoms with van der Waals surface area (Å²) in [5, 5.41) is 2.92. The monoisotopic (exact) mass is 313 g/mol. The molecule has 1 saturated carbocycles. The molecular formula is C17H19N3O3. The number of carbonyl (C=O) groups is 2. The number of aryl methyl sites for hydroxylation is 1. The topological polar surface area (TPSA) is 98.2 Å². The molecule has 6 heteroatoms. The third-order valence-corrected chi connectivity index (χ3v) is 4.20.